The molecule has 0 bridgehead atoms. The third kappa shape index (κ3) is 6.39. The van der Waals surface area contributed by atoms with Crippen LogP contribution in [-0.2, 0) is 16.1 Å². The quantitative estimate of drug-likeness (QED) is 0.869. The number of morpholine rings is 1. The first-order valence-electron chi connectivity index (χ1n) is 6.54. The molecule has 1 N–H and O–H groups in total. The van der Waals surface area contributed by atoms with Crippen LogP contribution >= 0.6 is 24.0 Å². The van der Waals surface area contributed by atoms with Gasteiger partial charge in [0.05, 0.1) is 32.5 Å². The van der Waals surface area contributed by atoms with Gasteiger partial charge in [0.2, 0.25) is 0 Å². The van der Waals surface area contributed by atoms with Gasteiger partial charge in [-0.05, 0) is 17.7 Å². The Hall–Kier alpha value is -0.360. The number of rotatable bonds is 6. The molecule has 1 aromatic rings. The predicted octanol–water partition coefficient (Wildman–Crippen LogP) is 1.97. The summed E-state index contributed by atoms with van der Waals surface area (Å²) in [5, 5.41) is 10.6. The van der Waals surface area contributed by atoms with Gasteiger partial charge in [-0.15, -0.1) is 12.4 Å². The Kier molecular flexibility index (Phi) is 8.45. The lowest BCUT2D eigenvalue weighted by Crippen LogP contribution is -2.42. The second-order valence-corrected chi connectivity index (χ2v) is 5.14. The Morgan fingerprint density at radius 2 is 1.90 bits per heavy atom. The molecular formula is C14H21Cl2NO3. The van der Waals surface area contributed by atoms with Gasteiger partial charge in [0.1, 0.15) is 0 Å². The summed E-state index contributed by atoms with van der Waals surface area (Å²) in [6.07, 6.45) is -0.453. The fraction of sp³-hybridized carbons (Fsp3) is 0.571. The van der Waals surface area contributed by atoms with E-state index in [1.54, 1.807) is 0 Å². The third-order valence-corrected chi connectivity index (χ3v) is 3.32. The summed E-state index contributed by atoms with van der Waals surface area (Å²) < 4.78 is 10.8. The lowest BCUT2D eigenvalue weighted by atomic mass is 10.2. The molecule has 1 unspecified atom stereocenters. The number of hydrogen-bond donors (Lipinski definition) is 1. The van der Waals surface area contributed by atoms with Gasteiger partial charge in [-0.3, -0.25) is 4.90 Å². The van der Waals surface area contributed by atoms with Crippen LogP contribution in [0.25, 0.3) is 0 Å². The van der Waals surface area contributed by atoms with Crippen LogP contribution in [0.5, 0.6) is 0 Å². The van der Waals surface area contributed by atoms with Gasteiger partial charge >= 0.3 is 0 Å². The SMILES string of the molecule is Cl.OC(COCc1ccc(Cl)cc1)CN1CCOCC1. The molecule has 0 aliphatic carbocycles. The number of ether oxygens (including phenoxy) is 2. The highest BCUT2D eigenvalue weighted by molar-refractivity contribution is 6.30. The number of benzene rings is 1. The summed E-state index contributed by atoms with van der Waals surface area (Å²) in [5.41, 5.74) is 1.06. The minimum Gasteiger partial charge on any atom is -0.389 e. The molecule has 1 aromatic carbocycles. The molecule has 1 heterocycles. The van der Waals surface area contributed by atoms with E-state index in [4.69, 9.17) is 21.1 Å². The first-order chi connectivity index (χ1) is 9.24. The smallest absolute Gasteiger partial charge is 0.0900 e. The van der Waals surface area contributed by atoms with Crippen molar-refractivity contribution in [2.75, 3.05) is 39.5 Å². The largest absolute Gasteiger partial charge is 0.389 e. The van der Waals surface area contributed by atoms with E-state index in [0.717, 1.165) is 36.9 Å². The zero-order valence-corrected chi connectivity index (χ0v) is 12.9. The highest BCUT2D eigenvalue weighted by Crippen LogP contribution is 2.10. The van der Waals surface area contributed by atoms with E-state index in [2.05, 4.69) is 4.90 Å². The van der Waals surface area contributed by atoms with Crippen LogP contribution in [-0.4, -0.2) is 55.6 Å². The van der Waals surface area contributed by atoms with E-state index >= 15 is 0 Å². The van der Waals surface area contributed by atoms with E-state index in [1.807, 2.05) is 24.3 Å². The van der Waals surface area contributed by atoms with Crippen molar-refractivity contribution in [3.05, 3.63) is 34.9 Å². The minimum absolute atomic E-state index is 0. The number of aliphatic hydroxyl groups is 1. The number of β-amino-alcohol motifs (C(OH)–C–C–N with tert-alkyl or cyclic N) is 1. The van der Waals surface area contributed by atoms with Crippen molar-refractivity contribution >= 4 is 24.0 Å². The van der Waals surface area contributed by atoms with Crippen LogP contribution in [0.3, 0.4) is 0 Å². The number of hydrogen-bond acceptors (Lipinski definition) is 4. The summed E-state index contributed by atoms with van der Waals surface area (Å²) in [7, 11) is 0. The molecule has 0 aromatic heterocycles. The van der Waals surface area contributed by atoms with Gasteiger partial charge in [-0.25, -0.2) is 0 Å². The standard InChI is InChI=1S/C14H20ClNO3.ClH/c15-13-3-1-12(2-4-13)10-19-11-14(17)9-16-5-7-18-8-6-16;/h1-4,14,17H,5-11H2;1H. The van der Waals surface area contributed by atoms with Crippen molar-refractivity contribution in [2.45, 2.75) is 12.7 Å². The van der Waals surface area contributed by atoms with E-state index < -0.39 is 6.10 Å². The molecule has 1 aliphatic rings. The van der Waals surface area contributed by atoms with Crippen molar-refractivity contribution < 1.29 is 14.6 Å². The van der Waals surface area contributed by atoms with E-state index in [0.29, 0.717) is 19.8 Å². The molecule has 0 amide bonds. The fourth-order valence-corrected chi connectivity index (χ4v) is 2.15. The molecule has 0 spiro atoms. The zero-order valence-electron chi connectivity index (χ0n) is 11.3. The maximum atomic E-state index is 9.89. The second kappa shape index (κ2) is 9.55. The van der Waals surface area contributed by atoms with Crippen molar-refractivity contribution in [3.63, 3.8) is 0 Å². The zero-order chi connectivity index (χ0) is 13.5. The van der Waals surface area contributed by atoms with Crippen LogP contribution in [0.2, 0.25) is 5.02 Å². The van der Waals surface area contributed by atoms with Gasteiger partial charge in [0.25, 0.3) is 0 Å². The molecule has 0 saturated carbocycles. The van der Waals surface area contributed by atoms with Gasteiger partial charge < -0.3 is 14.6 Å². The maximum Gasteiger partial charge on any atom is 0.0900 e. The highest BCUT2D eigenvalue weighted by Gasteiger charge is 2.14. The van der Waals surface area contributed by atoms with Gasteiger partial charge in [-0.2, -0.15) is 0 Å². The summed E-state index contributed by atoms with van der Waals surface area (Å²) in [4.78, 5) is 2.19. The Morgan fingerprint density at radius 1 is 1.25 bits per heavy atom. The number of nitrogens with zero attached hydrogens (tertiary/aromatic N) is 1. The lowest BCUT2D eigenvalue weighted by molar-refractivity contribution is -0.0175. The van der Waals surface area contributed by atoms with E-state index in [9.17, 15) is 5.11 Å². The average molecular weight is 322 g/mol. The van der Waals surface area contributed by atoms with Crippen molar-refractivity contribution in [3.8, 4) is 0 Å². The van der Waals surface area contributed by atoms with Gasteiger partial charge in [-0.1, -0.05) is 23.7 Å². The molecule has 2 rings (SSSR count). The van der Waals surface area contributed by atoms with Crippen LogP contribution in [0.4, 0.5) is 0 Å². The monoisotopic (exact) mass is 321 g/mol. The predicted molar refractivity (Wildman–Crippen MR) is 81.6 cm³/mol. The van der Waals surface area contributed by atoms with Crippen molar-refractivity contribution in [1.29, 1.82) is 0 Å². The lowest BCUT2D eigenvalue weighted by Gasteiger charge is -2.28. The average Bonchev–Trinajstić information content (AvgIpc) is 2.42. The first kappa shape index (κ1) is 17.7. The Morgan fingerprint density at radius 3 is 2.55 bits per heavy atom. The van der Waals surface area contributed by atoms with Crippen LogP contribution < -0.4 is 0 Å². The summed E-state index contributed by atoms with van der Waals surface area (Å²) in [6, 6.07) is 7.53. The summed E-state index contributed by atoms with van der Waals surface area (Å²) in [6.45, 7) is 4.75. The Labute approximate surface area is 131 Å². The van der Waals surface area contributed by atoms with Gasteiger partial charge in [0.15, 0.2) is 0 Å². The first-order valence-corrected chi connectivity index (χ1v) is 6.92. The molecular weight excluding hydrogens is 301 g/mol. The molecule has 6 heteroatoms. The third-order valence-electron chi connectivity index (χ3n) is 3.06. The molecule has 1 aliphatic heterocycles. The van der Waals surface area contributed by atoms with Crippen LogP contribution in [0.15, 0.2) is 24.3 Å². The Bertz CT molecular complexity index is 369. The molecule has 1 fully saturated rings. The summed E-state index contributed by atoms with van der Waals surface area (Å²) in [5.74, 6) is 0. The highest BCUT2D eigenvalue weighted by atomic mass is 35.5. The fourth-order valence-electron chi connectivity index (χ4n) is 2.03. The topological polar surface area (TPSA) is 41.9 Å². The molecule has 1 saturated heterocycles. The minimum atomic E-state index is -0.453. The molecule has 0 radical (unpaired) electrons. The maximum absolute atomic E-state index is 9.89. The number of halogens is 2. The molecule has 4 nitrogen and oxygen atoms in total. The van der Waals surface area contributed by atoms with Crippen LogP contribution in [0.1, 0.15) is 5.56 Å². The summed E-state index contributed by atoms with van der Waals surface area (Å²) >= 11 is 5.81. The molecule has 114 valence electrons. The van der Waals surface area contributed by atoms with Crippen molar-refractivity contribution in [2.24, 2.45) is 0 Å². The van der Waals surface area contributed by atoms with Gasteiger partial charge in [0, 0.05) is 24.7 Å². The molecule has 20 heavy (non-hydrogen) atoms. The molecule has 1 atom stereocenters. The number of aliphatic hydroxyl groups excluding tert-OH is 1. The van der Waals surface area contributed by atoms with E-state index in [1.165, 1.54) is 0 Å². The van der Waals surface area contributed by atoms with E-state index in [-0.39, 0.29) is 12.4 Å². The van der Waals surface area contributed by atoms with Crippen molar-refractivity contribution in [1.82, 2.24) is 4.90 Å². The second-order valence-electron chi connectivity index (χ2n) is 4.71. The normalized spacial score (nSPS) is 17.5. The van der Waals surface area contributed by atoms with Crippen LogP contribution in [0, 0.1) is 0 Å². The Balaban J connectivity index is 0.00000200.